The third-order valence-corrected chi connectivity index (χ3v) is 4.75. The average Bonchev–Trinajstić information content (AvgIpc) is 2.33. The minimum Gasteiger partial charge on any atom is -0.221 e. The standard InChI is InChI=1S/C15H22Cl2N2/c1-4-5-11-12(16)18-14(19-13(11)17)10-6-8-15(2,3)9-7-10/h10H,4-9H2,1-3H3. The van der Waals surface area contributed by atoms with Crippen LogP contribution < -0.4 is 0 Å². The van der Waals surface area contributed by atoms with Gasteiger partial charge >= 0.3 is 0 Å². The van der Waals surface area contributed by atoms with Gasteiger partial charge in [0.2, 0.25) is 0 Å². The molecule has 1 fully saturated rings. The maximum absolute atomic E-state index is 6.25. The second kappa shape index (κ2) is 5.97. The number of aromatic nitrogens is 2. The number of hydrogen-bond donors (Lipinski definition) is 0. The quantitative estimate of drug-likeness (QED) is 0.697. The molecule has 1 saturated carbocycles. The first-order valence-electron chi connectivity index (χ1n) is 7.15. The largest absolute Gasteiger partial charge is 0.221 e. The van der Waals surface area contributed by atoms with Crippen molar-refractivity contribution in [3.63, 3.8) is 0 Å². The molecule has 0 amide bonds. The van der Waals surface area contributed by atoms with Gasteiger partial charge in [-0.05, 0) is 37.5 Å². The summed E-state index contributed by atoms with van der Waals surface area (Å²) >= 11 is 12.5. The number of rotatable bonds is 3. The second-order valence-electron chi connectivity index (χ2n) is 6.33. The molecular formula is C15H22Cl2N2. The minimum absolute atomic E-state index is 0.415. The summed E-state index contributed by atoms with van der Waals surface area (Å²) in [6, 6.07) is 0. The lowest BCUT2D eigenvalue weighted by Crippen LogP contribution is -2.21. The first-order valence-corrected chi connectivity index (χ1v) is 7.90. The molecule has 0 radical (unpaired) electrons. The van der Waals surface area contributed by atoms with Crippen LogP contribution in [-0.4, -0.2) is 9.97 Å². The fourth-order valence-corrected chi connectivity index (χ4v) is 3.33. The number of nitrogens with zero attached hydrogens (tertiary/aromatic N) is 2. The molecule has 0 bridgehead atoms. The molecule has 106 valence electrons. The van der Waals surface area contributed by atoms with Crippen LogP contribution in [-0.2, 0) is 6.42 Å². The Morgan fingerprint density at radius 1 is 1.11 bits per heavy atom. The molecule has 1 aromatic rings. The summed E-state index contributed by atoms with van der Waals surface area (Å²) in [4.78, 5) is 8.99. The Labute approximate surface area is 125 Å². The third kappa shape index (κ3) is 3.61. The molecule has 0 aliphatic heterocycles. The van der Waals surface area contributed by atoms with E-state index in [0.29, 0.717) is 21.6 Å². The van der Waals surface area contributed by atoms with Crippen LogP contribution in [0.3, 0.4) is 0 Å². The highest BCUT2D eigenvalue weighted by molar-refractivity contribution is 6.34. The predicted octanol–water partition coefficient (Wildman–Crippen LogP) is 5.42. The molecule has 19 heavy (non-hydrogen) atoms. The van der Waals surface area contributed by atoms with E-state index < -0.39 is 0 Å². The zero-order valence-electron chi connectivity index (χ0n) is 12.0. The van der Waals surface area contributed by atoms with Crippen molar-refractivity contribution in [2.75, 3.05) is 0 Å². The second-order valence-corrected chi connectivity index (χ2v) is 7.05. The number of halogens is 2. The summed E-state index contributed by atoms with van der Waals surface area (Å²) < 4.78 is 0. The van der Waals surface area contributed by atoms with Crippen molar-refractivity contribution in [2.24, 2.45) is 5.41 Å². The van der Waals surface area contributed by atoms with Crippen molar-refractivity contribution in [2.45, 2.75) is 65.2 Å². The zero-order valence-corrected chi connectivity index (χ0v) is 13.5. The summed E-state index contributed by atoms with van der Waals surface area (Å²) in [5, 5.41) is 1.09. The molecule has 0 atom stereocenters. The van der Waals surface area contributed by atoms with Gasteiger partial charge in [0.25, 0.3) is 0 Å². The maximum atomic E-state index is 6.25. The number of hydrogen-bond acceptors (Lipinski definition) is 2. The predicted molar refractivity (Wildman–Crippen MR) is 81.0 cm³/mol. The van der Waals surface area contributed by atoms with Crippen LogP contribution in [0, 0.1) is 5.41 Å². The van der Waals surface area contributed by atoms with Gasteiger partial charge in [-0.3, -0.25) is 0 Å². The van der Waals surface area contributed by atoms with Crippen molar-refractivity contribution in [3.05, 3.63) is 21.7 Å². The Bertz CT molecular complexity index is 424. The highest BCUT2D eigenvalue weighted by Gasteiger charge is 2.29. The molecule has 0 unspecified atom stereocenters. The normalized spacial score (nSPS) is 19.6. The smallest absolute Gasteiger partial charge is 0.137 e. The SMILES string of the molecule is CCCc1c(Cl)nc(C2CCC(C)(C)CC2)nc1Cl. The van der Waals surface area contributed by atoms with Gasteiger partial charge in [-0.1, -0.05) is 50.4 Å². The summed E-state index contributed by atoms with van der Waals surface area (Å²) in [5.74, 6) is 1.25. The van der Waals surface area contributed by atoms with E-state index in [2.05, 4.69) is 30.7 Å². The lowest BCUT2D eigenvalue weighted by Gasteiger charge is -2.33. The molecular weight excluding hydrogens is 279 g/mol. The Morgan fingerprint density at radius 2 is 1.63 bits per heavy atom. The van der Waals surface area contributed by atoms with Gasteiger partial charge < -0.3 is 0 Å². The summed E-state index contributed by atoms with van der Waals surface area (Å²) in [6.07, 6.45) is 6.54. The molecule has 0 spiro atoms. The molecule has 1 aliphatic carbocycles. The fraction of sp³-hybridized carbons (Fsp3) is 0.733. The molecule has 0 saturated heterocycles. The van der Waals surface area contributed by atoms with Gasteiger partial charge in [-0.25, -0.2) is 9.97 Å². The monoisotopic (exact) mass is 300 g/mol. The van der Waals surface area contributed by atoms with Crippen molar-refractivity contribution in [1.29, 1.82) is 0 Å². The van der Waals surface area contributed by atoms with E-state index in [0.717, 1.165) is 37.1 Å². The molecule has 0 aromatic carbocycles. The molecule has 2 nitrogen and oxygen atoms in total. The van der Waals surface area contributed by atoms with Crippen LogP contribution in [0.2, 0.25) is 10.3 Å². The Hall–Kier alpha value is -0.340. The molecule has 2 rings (SSSR count). The van der Waals surface area contributed by atoms with Gasteiger partial charge in [0.1, 0.15) is 16.1 Å². The lowest BCUT2D eigenvalue weighted by molar-refractivity contribution is 0.220. The molecule has 4 heteroatoms. The first kappa shape index (κ1) is 15.1. The molecule has 1 aliphatic rings. The summed E-state index contributed by atoms with van der Waals surface area (Å²) in [6.45, 7) is 6.76. The highest BCUT2D eigenvalue weighted by atomic mass is 35.5. The Kier molecular flexibility index (Phi) is 4.73. The van der Waals surface area contributed by atoms with Gasteiger partial charge in [0, 0.05) is 11.5 Å². The van der Waals surface area contributed by atoms with Crippen LogP contribution in [0.25, 0.3) is 0 Å². The van der Waals surface area contributed by atoms with Crippen LogP contribution in [0.15, 0.2) is 0 Å². The fourth-order valence-electron chi connectivity index (χ4n) is 2.74. The van der Waals surface area contributed by atoms with Crippen molar-refractivity contribution in [3.8, 4) is 0 Å². The van der Waals surface area contributed by atoms with Gasteiger partial charge in [-0.15, -0.1) is 0 Å². The average molecular weight is 301 g/mol. The maximum Gasteiger partial charge on any atom is 0.137 e. The van der Waals surface area contributed by atoms with Crippen LogP contribution in [0.1, 0.15) is 70.2 Å². The minimum atomic E-state index is 0.415. The van der Waals surface area contributed by atoms with Gasteiger partial charge in [-0.2, -0.15) is 0 Å². The molecule has 1 aromatic heterocycles. The lowest BCUT2D eigenvalue weighted by atomic mass is 9.73. The van der Waals surface area contributed by atoms with Crippen LogP contribution in [0.5, 0.6) is 0 Å². The van der Waals surface area contributed by atoms with Gasteiger partial charge in [0.15, 0.2) is 0 Å². The van der Waals surface area contributed by atoms with Crippen molar-refractivity contribution in [1.82, 2.24) is 9.97 Å². The van der Waals surface area contributed by atoms with Gasteiger partial charge in [0.05, 0.1) is 0 Å². The van der Waals surface area contributed by atoms with E-state index in [9.17, 15) is 0 Å². The van der Waals surface area contributed by atoms with E-state index >= 15 is 0 Å². The van der Waals surface area contributed by atoms with E-state index in [1.807, 2.05) is 0 Å². The summed E-state index contributed by atoms with van der Waals surface area (Å²) in [7, 11) is 0. The van der Waals surface area contributed by atoms with Crippen molar-refractivity contribution >= 4 is 23.2 Å². The Morgan fingerprint density at radius 3 is 2.11 bits per heavy atom. The van der Waals surface area contributed by atoms with E-state index in [1.54, 1.807) is 0 Å². The summed E-state index contributed by atoms with van der Waals surface area (Å²) in [5.41, 5.74) is 1.34. The van der Waals surface area contributed by atoms with Crippen molar-refractivity contribution < 1.29 is 0 Å². The van der Waals surface area contributed by atoms with E-state index in [1.165, 1.54) is 12.8 Å². The molecule has 0 N–H and O–H groups in total. The highest BCUT2D eigenvalue weighted by Crippen LogP contribution is 2.42. The van der Waals surface area contributed by atoms with Crippen LogP contribution >= 0.6 is 23.2 Å². The van der Waals surface area contributed by atoms with Crippen LogP contribution in [0.4, 0.5) is 0 Å². The Balaban J connectivity index is 2.18. The molecule has 1 heterocycles. The zero-order chi connectivity index (χ0) is 14.0. The topological polar surface area (TPSA) is 25.8 Å². The first-order chi connectivity index (χ1) is 8.93. The van der Waals surface area contributed by atoms with E-state index in [4.69, 9.17) is 23.2 Å². The third-order valence-electron chi connectivity index (χ3n) is 4.13. The van der Waals surface area contributed by atoms with E-state index in [-0.39, 0.29) is 0 Å².